The quantitative estimate of drug-likeness (QED) is 0.213. The van der Waals surface area contributed by atoms with Crippen LogP contribution in [0, 0.1) is 0 Å². The first-order valence-electron chi connectivity index (χ1n) is 7.49. The second-order valence-corrected chi connectivity index (χ2v) is 8.72. The first-order valence-corrected chi connectivity index (χ1v) is 11.0. The lowest BCUT2D eigenvalue weighted by molar-refractivity contribution is 0.891. The zero-order valence-corrected chi connectivity index (χ0v) is 17.9. The Hall–Kier alpha value is -0.620. The number of nitrogens with zero attached hydrogens (tertiary/aromatic N) is 2. The van der Waals surface area contributed by atoms with Crippen molar-refractivity contribution in [3.63, 3.8) is 0 Å². The minimum Gasteiger partial charge on any atom is -0.231 e. The van der Waals surface area contributed by atoms with E-state index in [0.29, 0.717) is 36.8 Å². The molecule has 8 heteroatoms. The van der Waals surface area contributed by atoms with Crippen LogP contribution in [0.1, 0.15) is 11.1 Å². The van der Waals surface area contributed by atoms with Crippen molar-refractivity contribution in [1.82, 2.24) is 9.97 Å². The van der Waals surface area contributed by atoms with Gasteiger partial charge in [-0.2, -0.15) is 0 Å². The third-order valence-corrected chi connectivity index (χ3v) is 6.70. The highest BCUT2D eigenvalue weighted by molar-refractivity contribution is 7.99. The molecule has 0 aliphatic heterocycles. The van der Waals surface area contributed by atoms with Gasteiger partial charge in [0.25, 0.3) is 0 Å². The molecule has 0 N–H and O–H groups in total. The second kappa shape index (κ2) is 9.54. The van der Waals surface area contributed by atoms with Gasteiger partial charge in [0, 0.05) is 37.8 Å². The average molecular weight is 462 g/mol. The maximum absolute atomic E-state index is 6.21. The molecule has 2 aromatic carbocycles. The minimum absolute atomic E-state index is 0.600. The zero-order chi connectivity index (χ0) is 18.5. The van der Waals surface area contributed by atoms with Gasteiger partial charge in [-0.25, -0.2) is 9.97 Å². The predicted octanol–water partition coefficient (Wildman–Crippen LogP) is 7.67. The molecule has 0 aliphatic rings. The molecule has 0 amide bonds. The van der Waals surface area contributed by atoms with Crippen molar-refractivity contribution in [3.8, 4) is 0 Å². The standard InChI is InChI=1S/C18H12Cl4N2S2/c19-13-3-1-4-14(20)11(13)9-25-17-7-8-23-18(24-17)26-10-12-15(21)5-2-6-16(12)22/h1-8H,9-10H2. The van der Waals surface area contributed by atoms with E-state index in [-0.39, 0.29) is 0 Å². The van der Waals surface area contributed by atoms with Crippen molar-refractivity contribution in [2.45, 2.75) is 21.7 Å². The van der Waals surface area contributed by atoms with Crippen molar-refractivity contribution in [3.05, 3.63) is 79.9 Å². The van der Waals surface area contributed by atoms with Crippen LogP contribution >= 0.6 is 69.9 Å². The van der Waals surface area contributed by atoms with Gasteiger partial charge in [0.15, 0.2) is 5.16 Å². The van der Waals surface area contributed by atoms with E-state index < -0.39 is 0 Å². The molecule has 0 saturated heterocycles. The molecular weight excluding hydrogens is 450 g/mol. The highest BCUT2D eigenvalue weighted by atomic mass is 35.5. The summed E-state index contributed by atoms with van der Waals surface area (Å²) in [5, 5.41) is 4.11. The Morgan fingerprint density at radius 2 is 1.19 bits per heavy atom. The zero-order valence-electron chi connectivity index (χ0n) is 13.3. The lowest BCUT2D eigenvalue weighted by Gasteiger charge is -2.08. The molecule has 0 aliphatic carbocycles. The van der Waals surface area contributed by atoms with E-state index in [4.69, 9.17) is 46.4 Å². The fourth-order valence-electron chi connectivity index (χ4n) is 2.10. The van der Waals surface area contributed by atoms with Crippen LogP contribution in [0.25, 0.3) is 0 Å². The van der Waals surface area contributed by atoms with Crippen LogP contribution in [-0.2, 0) is 11.5 Å². The van der Waals surface area contributed by atoms with Gasteiger partial charge in [-0.1, -0.05) is 70.3 Å². The number of benzene rings is 2. The summed E-state index contributed by atoms with van der Waals surface area (Å²) in [7, 11) is 0. The molecule has 2 nitrogen and oxygen atoms in total. The molecule has 0 atom stereocenters. The molecule has 3 aromatic rings. The molecule has 0 radical (unpaired) electrons. The van der Waals surface area contributed by atoms with Crippen molar-refractivity contribution < 1.29 is 0 Å². The highest BCUT2D eigenvalue weighted by Gasteiger charge is 2.10. The number of aromatic nitrogens is 2. The molecular formula is C18H12Cl4N2S2. The number of thioether (sulfide) groups is 2. The van der Waals surface area contributed by atoms with E-state index in [1.165, 1.54) is 11.8 Å². The lowest BCUT2D eigenvalue weighted by Crippen LogP contribution is -1.92. The van der Waals surface area contributed by atoms with Gasteiger partial charge in [-0.15, -0.1) is 11.8 Å². The first kappa shape index (κ1) is 20.1. The van der Waals surface area contributed by atoms with Crippen LogP contribution in [0.2, 0.25) is 20.1 Å². The van der Waals surface area contributed by atoms with Gasteiger partial charge in [0.05, 0.1) is 0 Å². The molecule has 0 bridgehead atoms. The fourth-order valence-corrected chi connectivity index (χ4v) is 5.33. The summed E-state index contributed by atoms with van der Waals surface area (Å²) in [4.78, 5) is 8.87. The molecule has 0 fully saturated rings. The second-order valence-electron chi connectivity index (χ2n) is 5.16. The smallest absolute Gasteiger partial charge is 0.188 e. The molecule has 0 unspecified atom stereocenters. The highest BCUT2D eigenvalue weighted by Crippen LogP contribution is 2.33. The van der Waals surface area contributed by atoms with Crippen molar-refractivity contribution in [2.75, 3.05) is 0 Å². The van der Waals surface area contributed by atoms with Crippen molar-refractivity contribution >= 4 is 69.9 Å². The van der Waals surface area contributed by atoms with Gasteiger partial charge in [0.2, 0.25) is 0 Å². The van der Waals surface area contributed by atoms with Crippen molar-refractivity contribution in [2.24, 2.45) is 0 Å². The Kier molecular flexibility index (Phi) is 7.38. The monoisotopic (exact) mass is 460 g/mol. The molecule has 1 aromatic heterocycles. The van der Waals surface area contributed by atoms with E-state index in [1.807, 2.05) is 42.5 Å². The van der Waals surface area contributed by atoms with E-state index >= 15 is 0 Å². The van der Waals surface area contributed by atoms with E-state index in [0.717, 1.165) is 16.2 Å². The number of hydrogen-bond donors (Lipinski definition) is 0. The Morgan fingerprint density at radius 1 is 0.692 bits per heavy atom. The Balaban J connectivity index is 1.67. The third-order valence-electron chi connectivity index (χ3n) is 3.44. The van der Waals surface area contributed by atoms with Crippen LogP contribution in [0.4, 0.5) is 0 Å². The normalized spacial score (nSPS) is 10.9. The SMILES string of the molecule is Clc1cccc(Cl)c1CSc1ccnc(SCc2c(Cl)cccc2Cl)n1. The van der Waals surface area contributed by atoms with E-state index in [1.54, 1.807) is 18.0 Å². The number of hydrogen-bond acceptors (Lipinski definition) is 4. The van der Waals surface area contributed by atoms with Crippen molar-refractivity contribution in [1.29, 1.82) is 0 Å². The molecule has 26 heavy (non-hydrogen) atoms. The maximum atomic E-state index is 6.21. The summed E-state index contributed by atoms with van der Waals surface area (Å²) in [6.07, 6.45) is 1.74. The summed E-state index contributed by atoms with van der Waals surface area (Å²) in [6.45, 7) is 0. The van der Waals surface area contributed by atoms with E-state index in [9.17, 15) is 0 Å². The minimum atomic E-state index is 0.600. The largest absolute Gasteiger partial charge is 0.231 e. The van der Waals surface area contributed by atoms with Gasteiger partial charge in [-0.3, -0.25) is 0 Å². The maximum Gasteiger partial charge on any atom is 0.188 e. The van der Waals surface area contributed by atoms with Gasteiger partial charge in [0.1, 0.15) is 5.03 Å². The fraction of sp³-hybridized carbons (Fsp3) is 0.111. The van der Waals surface area contributed by atoms with Crippen LogP contribution in [0.5, 0.6) is 0 Å². The molecule has 3 rings (SSSR count). The van der Waals surface area contributed by atoms with Gasteiger partial charge in [-0.05, 0) is 41.5 Å². The first-order chi connectivity index (χ1) is 12.5. The van der Waals surface area contributed by atoms with Crippen LogP contribution < -0.4 is 0 Å². The predicted molar refractivity (Wildman–Crippen MR) is 114 cm³/mol. The summed E-state index contributed by atoms with van der Waals surface area (Å²) >= 11 is 27.9. The van der Waals surface area contributed by atoms with Gasteiger partial charge < -0.3 is 0 Å². The summed E-state index contributed by atoms with van der Waals surface area (Å²) in [6, 6.07) is 12.8. The summed E-state index contributed by atoms with van der Waals surface area (Å²) in [5.74, 6) is 1.24. The van der Waals surface area contributed by atoms with Crippen LogP contribution in [0.15, 0.2) is 58.8 Å². The Bertz CT molecular complexity index is 810. The lowest BCUT2D eigenvalue weighted by atomic mass is 10.2. The topological polar surface area (TPSA) is 25.8 Å². The Morgan fingerprint density at radius 3 is 1.73 bits per heavy atom. The van der Waals surface area contributed by atoms with Crippen LogP contribution in [-0.4, -0.2) is 9.97 Å². The molecule has 1 heterocycles. The summed E-state index contributed by atoms with van der Waals surface area (Å²) < 4.78 is 0. The number of rotatable bonds is 6. The third kappa shape index (κ3) is 5.22. The summed E-state index contributed by atoms with van der Waals surface area (Å²) in [5.41, 5.74) is 1.78. The van der Waals surface area contributed by atoms with Crippen LogP contribution in [0.3, 0.4) is 0 Å². The number of halogens is 4. The molecule has 0 saturated carbocycles. The molecule has 0 spiro atoms. The molecule has 134 valence electrons. The van der Waals surface area contributed by atoms with E-state index in [2.05, 4.69) is 9.97 Å². The van der Waals surface area contributed by atoms with Gasteiger partial charge >= 0.3 is 0 Å². The average Bonchev–Trinajstić information content (AvgIpc) is 2.61. The Labute approximate surface area is 180 Å².